The van der Waals surface area contributed by atoms with Crippen LogP contribution in [0, 0.1) is 5.82 Å². The first-order valence-electron chi connectivity index (χ1n) is 7.81. The van der Waals surface area contributed by atoms with Crippen molar-refractivity contribution in [2.24, 2.45) is 0 Å². The van der Waals surface area contributed by atoms with Gasteiger partial charge >= 0.3 is 6.18 Å². The van der Waals surface area contributed by atoms with Crippen LogP contribution >= 0.6 is 11.3 Å². The highest BCUT2D eigenvalue weighted by molar-refractivity contribution is 7.13. The number of carbonyl (C=O) groups excluding carboxylic acids is 1. The summed E-state index contributed by atoms with van der Waals surface area (Å²) in [6.45, 7) is 0. The van der Waals surface area contributed by atoms with Crippen LogP contribution in [0.3, 0.4) is 0 Å². The fraction of sp³-hybridized carbons (Fsp3) is 0.0556. The van der Waals surface area contributed by atoms with Gasteiger partial charge in [0.05, 0.1) is 10.6 Å². The Hall–Kier alpha value is -3.27. The first-order valence-corrected chi connectivity index (χ1v) is 8.69. The highest BCUT2D eigenvalue weighted by Crippen LogP contribution is 2.32. The molecule has 1 amide bonds. The number of carbonyl (C=O) groups is 1. The molecule has 0 unspecified atom stereocenters. The van der Waals surface area contributed by atoms with Crippen LogP contribution in [-0.4, -0.2) is 15.9 Å². The lowest BCUT2D eigenvalue weighted by molar-refractivity contribution is -0.141. The van der Waals surface area contributed by atoms with Crippen LogP contribution in [0.2, 0.25) is 0 Å². The third kappa shape index (κ3) is 5.13. The predicted octanol–water partition coefficient (Wildman–Crippen LogP) is 4.52. The molecule has 0 radical (unpaired) electrons. The second-order valence-electron chi connectivity index (χ2n) is 5.44. The van der Waals surface area contributed by atoms with Gasteiger partial charge in [-0.05, 0) is 41.3 Å². The van der Waals surface area contributed by atoms with Crippen molar-refractivity contribution in [1.29, 1.82) is 0 Å². The monoisotopic (exact) mass is 408 g/mol. The van der Waals surface area contributed by atoms with Gasteiger partial charge in [0.15, 0.2) is 5.69 Å². The molecule has 0 aliphatic heterocycles. The molecule has 0 atom stereocenters. The minimum absolute atomic E-state index is 0.0796. The SMILES string of the molecule is O=C(/C=C/c1ccc(F)cc1)NNc1nc(-c2cccs2)cc(C(F)(F)F)n1. The van der Waals surface area contributed by atoms with E-state index in [0.717, 1.165) is 12.1 Å². The number of hydrogen-bond donors (Lipinski definition) is 2. The number of amides is 1. The van der Waals surface area contributed by atoms with Gasteiger partial charge in [0.2, 0.25) is 5.95 Å². The van der Waals surface area contributed by atoms with Crippen LogP contribution in [0.5, 0.6) is 0 Å². The highest BCUT2D eigenvalue weighted by atomic mass is 32.1. The molecule has 3 aromatic rings. The second kappa shape index (κ2) is 8.17. The van der Waals surface area contributed by atoms with E-state index in [4.69, 9.17) is 0 Å². The molecule has 0 aliphatic rings. The van der Waals surface area contributed by atoms with E-state index in [1.165, 1.54) is 41.7 Å². The van der Waals surface area contributed by atoms with Gasteiger partial charge in [0, 0.05) is 6.08 Å². The standard InChI is InChI=1S/C18H12F4N4OS/c19-12-6-3-11(4-7-12)5-8-16(27)25-26-17-23-13(14-2-1-9-28-14)10-15(24-17)18(20,21)22/h1-10H,(H,25,27)(H,23,24,26)/b8-5+. The molecular formula is C18H12F4N4OS. The largest absolute Gasteiger partial charge is 0.433 e. The van der Waals surface area contributed by atoms with E-state index in [9.17, 15) is 22.4 Å². The van der Waals surface area contributed by atoms with Crippen LogP contribution in [-0.2, 0) is 11.0 Å². The Labute approximate surface area is 160 Å². The van der Waals surface area contributed by atoms with Crippen LogP contribution in [0.25, 0.3) is 16.6 Å². The average molecular weight is 408 g/mol. The third-order valence-corrected chi connectivity index (χ3v) is 4.28. The maximum atomic E-state index is 13.1. The highest BCUT2D eigenvalue weighted by Gasteiger charge is 2.34. The molecule has 10 heteroatoms. The molecule has 2 aromatic heterocycles. The van der Waals surface area contributed by atoms with Gasteiger partial charge in [-0.25, -0.2) is 14.4 Å². The lowest BCUT2D eigenvalue weighted by Crippen LogP contribution is -2.29. The molecule has 0 fully saturated rings. The fourth-order valence-corrected chi connectivity index (χ4v) is 2.79. The van der Waals surface area contributed by atoms with Crippen molar-refractivity contribution >= 4 is 29.3 Å². The number of benzene rings is 1. The molecule has 2 heterocycles. The van der Waals surface area contributed by atoms with E-state index in [0.29, 0.717) is 10.4 Å². The molecule has 0 saturated carbocycles. The Bertz CT molecular complexity index is 986. The smallest absolute Gasteiger partial charge is 0.268 e. The molecule has 3 rings (SSSR count). The van der Waals surface area contributed by atoms with Crippen LogP contribution in [0.15, 0.2) is 53.9 Å². The van der Waals surface area contributed by atoms with Gasteiger partial charge in [-0.3, -0.25) is 15.6 Å². The number of alkyl halides is 3. The van der Waals surface area contributed by atoms with Crippen LogP contribution in [0.4, 0.5) is 23.5 Å². The van der Waals surface area contributed by atoms with Crippen molar-refractivity contribution in [3.8, 4) is 10.6 Å². The Morgan fingerprint density at radius 2 is 1.86 bits per heavy atom. The Morgan fingerprint density at radius 1 is 1.11 bits per heavy atom. The molecule has 0 aliphatic carbocycles. The summed E-state index contributed by atoms with van der Waals surface area (Å²) in [5.41, 5.74) is 3.99. The summed E-state index contributed by atoms with van der Waals surface area (Å²) in [5, 5.41) is 1.71. The number of thiophene rings is 1. The summed E-state index contributed by atoms with van der Waals surface area (Å²) in [6, 6.07) is 9.56. The summed E-state index contributed by atoms with van der Waals surface area (Å²) in [4.78, 5) is 19.8. The zero-order valence-corrected chi connectivity index (χ0v) is 14.8. The third-order valence-electron chi connectivity index (χ3n) is 3.38. The summed E-state index contributed by atoms with van der Waals surface area (Å²) >= 11 is 1.22. The van der Waals surface area contributed by atoms with Crippen molar-refractivity contribution in [2.45, 2.75) is 6.18 Å². The minimum atomic E-state index is -4.67. The average Bonchev–Trinajstić information content (AvgIpc) is 3.20. The quantitative estimate of drug-likeness (QED) is 0.370. The molecule has 144 valence electrons. The predicted molar refractivity (Wildman–Crippen MR) is 97.5 cm³/mol. The van der Waals surface area contributed by atoms with E-state index in [2.05, 4.69) is 20.8 Å². The van der Waals surface area contributed by atoms with Crippen molar-refractivity contribution in [2.75, 3.05) is 5.43 Å². The van der Waals surface area contributed by atoms with Gasteiger partial charge in [-0.15, -0.1) is 11.3 Å². The Balaban J connectivity index is 1.73. The number of hydrazine groups is 1. The molecule has 2 N–H and O–H groups in total. The number of hydrogen-bond acceptors (Lipinski definition) is 5. The summed E-state index contributed by atoms with van der Waals surface area (Å²) in [5.74, 6) is -1.46. The normalized spacial score (nSPS) is 11.6. The summed E-state index contributed by atoms with van der Waals surface area (Å²) < 4.78 is 52.1. The molecule has 0 spiro atoms. The number of anilines is 1. The van der Waals surface area contributed by atoms with Gasteiger partial charge in [0.25, 0.3) is 5.91 Å². The molecule has 0 bridgehead atoms. The number of nitrogens with zero attached hydrogens (tertiary/aromatic N) is 2. The maximum Gasteiger partial charge on any atom is 0.433 e. The number of halogens is 4. The zero-order chi connectivity index (χ0) is 20.1. The number of rotatable bonds is 5. The lowest BCUT2D eigenvalue weighted by Gasteiger charge is -2.11. The fourth-order valence-electron chi connectivity index (χ4n) is 2.10. The topological polar surface area (TPSA) is 66.9 Å². The van der Waals surface area contributed by atoms with E-state index in [1.54, 1.807) is 17.5 Å². The van der Waals surface area contributed by atoms with Crippen molar-refractivity contribution < 1.29 is 22.4 Å². The van der Waals surface area contributed by atoms with Crippen LogP contribution < -0.4 is 10.9 Å². The molecule has 0 saturated heterocycles. The van der Waals surface area contributed by atoms with Crippen molar-refractivity contribution in [3.63, 3.8) is 0 Å². The Kier molecular flexibility index (Phi) is 5.69. The molecule has 1 aromatic carbocycles. The molecule has 5 nitrogen and oxygen atoms in total. The zero-order valence-electron chi connectivity index (χ0n) is 14.0. The van der Waals surface area contributed by atoms with E-state index >= 15 is 0 Å². The molecular weight excluding hydrogens is 396 g/mol. The van der Waals surface area contributed by atoms with Crippen LogP contribution in [0.1, 0.15) is 11.3 Å². The van der Waals surface area contributed by atoms with Gasteiger partial charge in [0.1, 0.15) is 5.82 Å². The van der Waals surface area contributed by atoms with E-state index in [1.807, 2.05) is 0 Å². The number of nitrogens with one attached hydrogen (secondary N) is 2. The first kappa shape index (κ1) is 19.5. The van der Waals surface area contributed by atoms with E-state index in [-0.39, 0.29) is 5.69 Å². The van der Waals surface area contributed by atoms with E-state index < -0.39 is 29.5 Å². The lowest BCUT2D eigenvalue weighted by atomic mass is 10.2. The van der Waals surface area contributed by atoms with Gasteiger partial charge < -0.3 is 0 Å². The van der Waals surface area contributed by atoms with Gasteiger partial charge in [-0.1, -0.05) is 18.2 Å². The Morgan fingerprint density at radius 3 is 2.50 bits per heavy atom. The van der Waals surface area contributed by atoms with Crippen molar-refractivity contribution in [1.82, 2.24) is 15.4 Å². The second-order valence-corrected chi connectivity index (χ2v) is 6.38. The molecule has 28 heavy (non-hydrogen) atoms. The number of aromatic nitrogens is 2. The van der Waals surface area contributed by atoms with Gasteiger partial charge in [-0.2, -0.15) is 13.2 Å². The summed E-state index contributed by atoms with van der Waals surface area (Å²) in [6.07, 6.45) is -2.12. The minimum Gasteiger partial charge on any atom is -0.268 e. The summed E-state index contributed by atoms with van der Waals surface area (Å²) in [7, 11) is 0. The van der Waals surface area contributed by atoms with Crippen molar-refractivity contribution in [3.05, 3.63) is 71.0 Å². The maximum absolute atomic E-state index is 13.1. The first-order chi connectivity index (χ1) is 13.3.